The van der Waals surface area contributed by atoms with Crippen LogP contribution in [0.4, 0.5) is 0 Å². The second-order valence-electron chi connectivity index (χ2n) is 6.65. The minimum absolute atomic E-state index is 0.470. The van der Waals surface area contributed by atoms with Gasteiger partial charge in [-0.1, -0.05) is 35.9 Å². The van der Waals surface area contributed by atoms with Gasteiger partial charge in [0.2, 0.25) is 0 Å². The molecular formula is C23H22ClN3S. The van der Waals surface area contributed by atoms with Crippen molar-refractivity contribution in [1.82, 2.24) is 9.78 Å². The lowest BCUT2D eigenvalue weighted by Gasteiger charge is -2.06. The van der Waals surface area contributed by atoms with Gasteiger partial charge in [0.15, 0.2) is 0 Å². The Kier molecular flexibility index (Phi) is 6.18. The van der Waals surface area contributed by atoms with Crippen molar-refractivity contribution in [3.8, 4) is 17.2 Å². The third-order valence-electron chi connectivity index (χ3n) is 4.65. The predicted molar refractivity (Wildman–Crippen MR) is 119 cm³/mol. The Morgan fingerprint density at radius 2 is 2.07 bits per heavy atom. The Balaban J connectivity index is 1.90. The summed E-state index contributed by atoms with van der Waals surface area (Å²) in [6.45, 7) is 8.97. The van der Waals surface area contributed by atoms with E-state index in [4.69, 9.17) is 22.0 Å². The summed E-state index contributed by atoms with van der Waals surface area (Å²) in [4.78, 5) is 2.53. The van der Waals surface area contributed by atoms with Crippen LogP contribution in [0.2, 0.25) is 5.02 Å². The predicted octanol–water partition coefficient (Wildman–Crippen LogP) is 6.78. The van der Waals surface area contributed by atoms with Crippen LogP contribution in [0.1, 0.15) is 40.6 Å². The van der Waals surface area contributed by atoms with Crippen molar-refractivity contribution in [1.29, 1.82) is 5.26 Å². The average molecular weight is 408 g/mol. The molecule has 0 aliphatic carbocycles. The maximum Gasteiger partial charge on any atom is 0.101 e. The van der Waals surface area contributed by atoms with Gasteiger partial charge in [0.05, 0.1) is 22.8 Å². The Bertz CT molecular complexity index is 1110. The number of benzene rings is 1. The summed E-state index contributed by atoms with van der Waals surface area (Å²) < 4.78 is 2.04. The second-order valence-corrected chi connectivity index (χ2v) is 8.23. The smallest absolute Gasteiger partial charge is 0.101 e. The zero-order valence-electron chi connectivity index (χ0n) is 16.5. The lowest BCUT2D eigenvalue weighted by Crippen LogP contribution is -2.02. The Labute approximate surface area is 175 Å². The number of aryl methyl sites for hydroxylation is 1. The first-order valence-corrected chi connectivity index (χ1v) is 10.3. The fourth-order valence-corrected chi connectivity index (χ4v) is 4.37. The number of nitrogens with zero attached hydrogens (tertiary/aromatic N) is 3. The maximum absolute atomic E-state index is 9.09. The van der Waals surface area contributed by atoms with Crippen LogP contribution in [-0.2, 0) is 6.54 Å². The van der Waals surface area contributed by atoms with Gasteiger partial charge in [0.1, 0.15) is 6.07 Å². The SMILES string of the molecule is C/C=C\C=C(/C)c1ccc(Cn2nc(C)c(-c3ccc(C#N)c(Cl)c3)c2C)s1. The van der Waals surface area contributed by atoms with Gasteiger partial charge in [-0.15, -0.1) is 11.3 Å². The summed E-state index contributed by atoms with van der Waals surface area (Å²) in [6.07, 6.45) is 6.22. The summed E-state index contributed by atoms with van der Waals surface area (Å²) in [6, 6.07) is 12.0. The summed E-state index contributed by atoms with van der Waals surface area (Å²) >= 11 is 8.02. The molecule has 5 heteroatoms. The molecule has 1 aromatic carbocycles. The van der Waals surface area contributed by atoms with Crippen molar-refractivity contribution in [2.45, 2.75) is 34.2 Å². The van der Waals surface area contributed by atoms with Gasteiger partial charge >= 0.3 is 0 Å². The van der Waals surface area contributed by atoms with Gasteiger partial charge < -0.3 is 0 Å². The minimum Gasteiger partial charge on any atom is -0.264 e. The highest BCUT2D eigenvalue weighted by Gasteiger charge is 2.15. The molecule has 2 aromatic heterocycles. The van der Waals surface area contributed by atoms with E-state index < -0.39 is 0 Å². The number of nitriles is 1. The van der Waals surface area contributed by atoms with E-state index in [1.807, 2.05) is 36.7 Å². The Hall–Kier alpha value is -2.61. The molecule has 0 atom stereocenters. The number of hydrogen-bond acceptors (Lipinski definition) is 3. The van der Waals surface area contributed by atoms with Crippen LogP contribution in [0, 0.1) is 25.2 Å². The lowest BCUT2D eigenvalue weighted by atomic mass is 10.0. The van der Waals surface area contributed by atoms with Crippen LogP contribution in [0.3, 0.4) is 0 Å². The maximum atomic E-state index is 9.09. The van der Waals surface area contributed by atoms with E-state index in [0.717, 1.165) is 29.1 Å². The molecule has 0 saturated carbocycles. The van der Waals surface area contributed by atoms with Crippen LogP contribution in [0.25, 0.3) is 16.7 Å². The summed E-state index contributed by atoms with van der Waals surface area (Å²) in [5.74, 6) is 0. The van der Waals surface area contributed by atoms with E-state index >= 15 is 0 Å². The normalized spacial score (nSPS) is 11.9. The van der Waals surface area contributed by atoms with E-state index in [2.05, 4.69) is 44.2 Å². The zero-order valence-corrected chi connectivity index (χ0v) is 18.0. The summed E-state index contributed by atoms with van der Waals surface area (Å²) in [7, 11) is 0. The third kappa shape index (κ3) is 4.11. The molecule has 0 amide bonds. The molecule has 0 fully saturated rings. The highest BCUT2D eigenvalue weighted by atomic mass is 35.5. The number of thiophene rings is 1. The van der Waals surface area contributed by atoms with Gasteiger partial charge in [-0.2, -0.15) is 10.4 Å². The molecule has 0 bridgehead atoms. The van der Waals surface area contributed by atoms with Crippen molar-refractivity contribution < 1.29 is 0 Å². The van der Waals surface area contributed by atoms with E-state index in [9.17, 15) is 0 Å². The molecule has 0 N–H and O–H groups in total. The molecule has 0 spiro atoms. The van der Waals surface area contributed by atoms with Gasteiger partial charge in [0.25, 0.3) is 0 Å². The van der Waals surface area contributed by atoms with Crippen LogP contribution >= 0.6 is 22.9 Å². The fourth-order valence-electron chi connectivity index (χ4n) is 3.18. The van der Waals surface area contributed by atoms with Crippen molar-refractivity contribution in [3.05, 3.63) is 80.3 Å². The van der Waals surface area contributed by atoms with Gasteiger partial charge in [0, 0.05) is 21.0 Å². The number of aromatic nitrogens is 2. The molecule has 0 aliphatic heterocycles. The first kappa shape index (κ1) is 20.1. The Morgan fingerprint density at radius 1 is 1.29 bits per heavy atom. The molecule has 3 aromatic rings. The average Bonchev–Trinajstić information content (AvgIpc) is 3.24. The highest BCUT2D eigenvalue weighted by molar-refractivity contribution is 7.13. The van der Waals surface area contributed by atoms with Gasteiger partial charge in [-0.05, 0) is 63.1 Å². The monoisotopic (exact) mass is 407 g/mol. The molecule has 0 aliphatic rings. The molecule has 2 heterocycles. The van der Waals surface area contributed by atoms with E-state index in [0.29, 0.717) is 10.6 Å². The topological polar surface area (TPSA) is 41.6 Å². The van der Waals surface area contributed by atoms with E-state index in [1.165, 1.54) is 15.3 Å². The largest absolute Gasteiger partial charge is 0.264 e. The van der Waals surface area contributed by atoms with E-state index in [1.54, 1.807) is 17.4 Å². The number of rotatable bonds is 5. The van der Waals surface area contributed by atoms with Gasteiger partial charge in [-0.3, -0.25) is 4.68 Å². The molecule has 3 rings (SSSR count). The summed E-state index contributed by atoms with van der Waals surface area (Å²) in [5.41, 5.74) is 5.86. The van der Waals surface area contributed by atoms with Crippen LogP contribution < -0.4 is 0 Å². The van der Waals surface area contributed by atoms with Crippen LogP contribution in [0.15, 0.2) is 48.6 Å². The molecule has 28 heavy (non-hydrogen) atoms. The standard InChI is InChI=1S/C23H22ClN3S/c1-5-6-7-15(2)22-11-10-20(28-22)14-27-17(4)23(16(3)26-27)18-8-9-19(13-25)21(24)12-18/h5-12H,14H2,1-4H3/b6-5-,15-7+. The number of allylic oxidation sites excluding steroid dienone is 4. The first-order chi connectivity index (χ1) is 13.4. The van der Waals surface area contributed by atoms with Crippen molar-refractivity contribution >= 4 is 28.5 Å². The van der Waals surface area contributed by atoms with Gasteiger partial charge in [-0.25, -0.2) is 0 Å². The van der Waals surface area contributed by atoms with Crippen molar-refractivity contribution in [2.24, 2.45) is 0 Å². The first-order valence-electron chi connectivity index (χ1n) is 9.07. The molecule has 142 valence electrons. The molecule has 0 radical (unpaired) electrons. The van der Waals surface area contributed by atoms with Crippen molar-refractivity contribution in [3.63, 3.8) is 0 Å². The fraction of sp³-hybridized carbons (Fsp3) is 0.217. The molecular weight excluding hydrogens is 386 g/mol. The highest BCUT2D eigenvalue weighted by Crippen LogP contribution is 2.31. The molecule has 0 unspecified atom stereocenters. The van der Waals surface area contributed by atoms with Crippen LogP contribution in [0.5, 0.6) is 0 Å². The molecule has 0 saturated heterocycles. The zero-order chi connectivity index (χ0) is 20.3. The molecule has 3 nitrogen and oxygen atoms in total. The number of halogens is 1. The lowest BCUT2D eigenvalue weighted by molar-refractivity contribution is 0.666. The minimum atomic E-state index is 0.470. The Morgan fingerprint density at radius 3 is 2.75 bits per heavy atom. The second kappa shape index (κ2) is 8.60. The number of hydrogen-bond donors (Lipinski definition) is 0. The summed E-state index contributed by atoms with van der Waals surface area (Å²) in [5, 5.41) is 14.3. The van der Waals surface area contributed by atoms with Crippen LogP contribution in [-0.4, -0.2) is 9.78 Å². The third-order valence-corrected chi connectivity index (χ3v) is 6.17. The van der Waals surface area contributed by atoms with E-state index in [-0.39, 0.29) is 0 Å². The quantitative estimate of drug-likeness (QED) is 0.437. The van der Waals surface area contributed by atoms with Crippen molar-refractivity contribution in [2.75, 3.05) is 0 Å².